The highest BCUT2D eigenvalue weighted by atomic mass is 32.1. The molecule has 2 heterocycles. The van der Waals surface area contributed by atoms with Gasteiger partial charge in [-0.2, -0.15) is 0 Å². The molecule has 194 valence electrons. The van der Waals surface area contributed by atoms with Crippen LogP contribution in [0.15, 0.2) is 42.5 Å². The lowest BCUT2D eigenvalue weighted by Gasteiger charge is -2.42. The van der Waals surface area contributed by atoms with E-state index < -0.39 is 12.3 Å². The molecule has 1 atom stereocenters. The zero-order chi connectivity index (χ0) is 25.9. The molecule has 0 spiro atoms. The summed E-state index contributed by atoms with van der Waals surface area (Å²) >= 11 is 1.37. The molecule has 0 bridgehead atoms. The van der Waals surface area contributed by atoms with Crippen molar-refractivity contribution in [2.75, 3.05) is 31.1 Å². The van der Waals surface area contributed by atoms with E-state index in [0.717, 1.165) is 36.8 Å². The zero-order valence-corrected chi connectivity index (χ0v) is 20.8. The summed E-state index contributed by atoms with van der Waals surface area (Å²) in [6.07, 6.45) is -3.79. The number of carboxylic acid groups (broad SMARTS) is 1. The number of benzene rings is 2. The number of nitrogens with zero attached hydrogens (tertiary/aromatic N) is 3. The minimum Gasteiger partial charge on any atom is -0.482 e. The van der Waals surface area contributed by atoms with Crippen LogP contribution in [-0.2, 0) is 11.3 Å². The molecular weight excluding hydrogens is 495 g/mol. The highest BCUT2D eigenvalue weighted by Crippen LogP contribution is 2.35. The smallest absolute Gasteiger partial charge is 0.482 e. The number of anilines is 1. The molecule has 7 nitrogen and oxygen atoms in total. The number of hydrogen-bond acceptors (Lipinski definition) is 7. The van der Waals surface area contributed by atoms with E-state index in [1.54, 1.807) is 12.1 Å². The predicted molar refractivity (Wildman–Crippen MR) is 132 cm³/mol. The number of piperazine rings is 1. The summed E-state index contributed by atoms with van der Waals surface area (Å²) in [7, 11) is 0. The quantitative estimate of drug-likeness (QED) is 0.403. The Bertz CT molecular complexity index is 1200. The third-order valence-electron chi connectivity index (χ3n) is 5.81. The van der Waals surface area contributed by atoms with Crippen LogP contribution in [0, 0.1) is 5.92 Å². The van der Waals surface area contributed by atoms with Crippen LogP contribution in [0.3, 0.4) is 0 Å². The van der Waals surface area contributed by atoms with Crippen molar-refractivity contribution in [3.63, 3.8) is 0 Å². The average molecular weight is 524 g/mol. The van der Waals surface area contributed by atoms with Crippen LogP contribution in [0.25, 0.3) is 10.2 Å². The maximum absolute atomic E-state index is 12.6. The molecule has 4 rings (SSSR count). The van der Waals surface area contributed by atoms with Crippen LogP contribution >= 0.6 is 11.3 Å². The standard InChI is InChI=1S/C25H28F3N3O4S/c1-16(2)10-18-14-30(13-17-4-3-5-19(11-17)34-15-23(32)33)8-9-31(18)24-29-21-7-6-20(12-22(21)36-24)35-25(26,27)28/h3-7,11-12,16,18H,8-10,13-15H2,1-2H3,(H,32,33)/t18-/m1/s1. The summed E-state index contributed by atoms with van der Waals surface area (Å²) in [5, 5.41) is 9.63. The van der Waals surface area contributed by atoms with Gasteiger partial charge >= 0.3 is 12.3 Å². The number of halogens is 3. The zero-order valence-electron chi connectivity index (χ0n) is 20.0. The van der Waals surface area contributed by atoms with Crippen molar-refractivity contribution < 1.29 is 32.5 Å². The first-order valence-electron chi connectivity index (χ1n) is 11.6. The molecule has 1 fully saturated rings. The SMILES string of the molecule is CC(C)C[C@@H]1CN(Cc2cccc(OCC(=O)O)c2)CCN1c1nc2ccc(OC(F)(F)F)cc2s1. The molecule has 1 aromatic heterocycles. The normalized spacial score (nSPS) is 17.1. The van der Waals surface area contributed by atoms with Crippen molar-refractivity contribution in [2.45, 2.75) is 39.2 Å². The van der Waals surface area contributed by atoms with E-state index in [4.69, 9.17) is 14.8 Å². The van der Waals surface area contributed by atoms with Crippen molar-refractivity contribution in [1.82, 2.24) is 9.88 Å². The first-order chi connectivity index (χ1) is 17.1. The lowest BCUT2D eigenvalue weighted by atomic mass is 10.00. The Morgan fingerprint density at radius 2 is 2.00 bits per heavy atom. The molecule has 0 saturated carbocycles. The number of aromatic nitrogens is 1. The Hall–Kier alpha value is -3.05. The number of carbonyl (C=O) groups is 1. The Morgan fingerprint density at radius 3 is 2.72 bits per heavy atom. The molecule has 1 N–H and O–H groups in total. The summed E-state index contributed by atoms with van der Waals surface area (Å²) in [6.45, 7) is 6.97. The van der Waals surface area contributed by atoms with E-state index >= 15 is 0 Å². The largest absolute Gasteiger partial charge is 0.573 e. The Kier molecular flexibility index (Phi) is 7.89. The van der Waals surface area contributed by atoms with Crippen molar-refractivity contribution in [3.8, 4) is 11.5 Å². The monoisotopic (exact) mass is 523 g/mol. The van der Waals surface area contributed by atoms with Crippen LogP contribution in [0.4, 0.5) is 18.3 Å². The molecule has 0 radical (unpaired) electrons. The van der Waals surface area contributed by atoms with Gasteiger partial charge < -0.3 is 19.5 Å². The summed E-state index contributed by atoms with van der Waals surface area (Å²) in [4.78, 5) is 20.1. The maximum Gasteiger partial charge on any atom is 0.573 e. The van der Waals surface area contributed by atoms with Crippen molar-refractivity contribution >= 4 is 32.7 Å². The second-order valence-corrected chi connectivity index (χ2v) is 10.2. The molecule has 0 amide bonds. The minimum atomic E-state index is -4.73. The lowest BCUT2D eigenvalue weighted by Crippen LogP contribution is -2.53. The molecule has 1 saturated heterocycles. The van der Waals surface area contributed by atoms with Crippen LogP contribution in [0.2, 0.25) is 0 Å². The number of rotatable bonds is 9. The van der Waals surface area contributed by atoms with Gasteiger partial charge in [-0.25, -0.2) is 9.78 Å². The number of thiazole rings is 1. The maximum atomic E-state index is 12.6. The van der Waals surface area contributed by atoms with Crippen LogP contribution in [0.1, 0.15) is 25.8 Å². The second-order valence-electron chi connectivity index (χ2n) is 9.22. The summed E-state index contributed by atoms with van der Waals surface area (Å²) in [5.74, 6) is -0.294. The average Bonchev–Trinajstić information content (AvgIpc) is 3.20. The van der Waals surface area contributed by atoms with Gasteiger partial charge in [-0.3, -0.25) is 4.90 Å². The summed E-state index contributed by atoms with van der Waals surface area (Å²) in [5.41, 5.74) is 1.68. The second kappa shape index (κ2) is 10.9. The number of alkyl halides is 3. The van der Waals surface area contributed by atoms with E-state index in [-0.39, 0.29) is 18.4 Å². The van der Waals surface area contributed by atoms with E-state index in [0.29, 0.717) is 28.4 Å². The van der Waals surface area contributed by atoms with E-state index in [1.807, 2.05) is 18.2 Å². The van der Waals surface area contributed by atoms with Crippen molar-refractivity contribution in [2.24, 2.45) is 5.92 Å². The first-order valence-corrected chi connectivity index (χ1v) is 12.5. The highest BCUT2D eigenvalue weighted by Gasteiger charge is 2.32. The van der Waals surface area contributed by atoms with Gasteiger partial charge in [0.25, 0.3) is 0 Å². The van der Waals surface area contributed by atoms with Gasteiger partial charge in [0.2, 0.25) is 0 Å². The first kappa shape index (κ1) is 26.0. The molecular formula is C25H28F3N3O4S. The van der Waals surface area contributed by atoms with Crippen LogP contribution < -0.4 is 14.4 Å². The number of hydrogen-bond donors (Lipinski definition) is 1. The minimum absolute atomic E-state index is 0.191. The van der Waals surface area contributed by atoms with Crippen molar-refractivity contribution in [3.05, 3.63) is 48.0 Å². The summed E-state index contributed by atoms with van der Waals surface area (Å²) in [6, 6.07) is 11.9. The highest BCUT2D eigenvalue weighted by molar-refractivity contribution is 7.22. The molecule has 0 aliphatic carbocycles. The fourth-order valence-corrected chi connectivity index (χ4v) is 5.50. The van der Waals surface area contributed by atoms with Gasteiger partial charge in [0, 0.05) is 38.3 Å². The molecule has 0 unspecified atom stereocenters. The number of carboxylic acids is 1. The number of ether oxygens (including phenoxy) is 2. The van der Waals surface area contributed by atoms with E-state index in [2.05, 4.69) is 28.4 Å². The fraction of sp³-hybridized carbons (Fsp3) is 0.440. The van der Waals surface area contributed by atoms with Gasteiger partial charge in [-0.15, -0.1) is 13.2 Å². The lowest BCUT2D eigenvalue weighted by molar-refractivity contribution is -0.274. The van der Waals surface area contributed by atoms with Gasteiger partial charge in [0.05, 0.1) is 10.2 Å². The Balaban J connectivity index is 1.48. The molecule has 3 aromatic rings. The van der Waals surface area contributed by atoms with Crippen molar-refractivity contribution in [1.29, 1.82) is 0 Å². The predicted octanol–water partition coefficient (Wildman–Crippen LogP) is 5.40. The molecule has 36 heavy (non-hydrogen) atoms. The van der Waals surface area contributed by atoms with Gasteiger partial charge in [-0.1, -0.05) is 37.3 Å². The van der Waals surface area contributed by atoms with Gasteiger partial charge in [-0.05, 0) is 42.2 Å². The third-order valence-corrected chi connectivity index (χ3v) is 6.86. The third kappa shape index (κ3) is 7.01. The van der Waals surface area contributed by atoms with E-state index in [9.17, 15) is 18.0 Å². The van der Waals surface area contributed by atoms with E-state index in [1.165, 1.54) is 23.5 Å². The number of aliphatic carboxylic acids is 1. The topological polar surface area (TPSA) is 75.1 Å². The Labute approximate surface area is 211 Å². The fourth-order valence-electron chi connectivity index (χ4n) is 4.41. The van der Waals surface area contributed by atoms with Crippen LogP contribution in [0.5, 0.6) is 11.5 Å². The summed E-state index contributed by atoms with van der Waals surface area (Å²) < 4.78 is 47.9. The molecule has 1 aliphatic rings. The number of fused-ring (bicyclic) bond motifs is 1. The Morgan fingerprint density at radius 1 is 1.19 bits per heavy atom. The van der Waals surface area contributed by atoms with Gasteiger partial charge in [0.1, 0.15) is 11.5 Å². The molecule has 11 heteroatoms. The molecule has 2 aromatic carbocycles. The van der Waals surface area contributed by atoms with Gasteiger partial charge in [0.15, 0.2) is 11.7 Å². The molecule has 1 aliphatic heterocycles. The van der Waals surface area contributed by atoms with Crippen LogP contribution in [-0.4, -0.2) is 59.6 Å².